The molecule has 0 radical (unpaired) electrons. The van der Waals surface area contributed by atoms with E-state index in [1.807, 2.05) is 6.08 Å². The fraction of sp³-hybridized carbons (Fsp3) is 0.278. The van der Waals surface area contributed by atoms with E-state index < -0.39 is 5.82 Å². The van der Waals surface area contributed by atoms with Crippen LogP contribution in [-0.2, 0) is 11.2 Å². The van der Waals surface area contributed by atoms with Crippen molar-refractivity contribution >= 4 is 23.2 Å². The topological polar surface area (TPSA) is 44.9 Å². The molecule has 1 atom stereocenters. The number of fused-ring (bicyclic) bond motifs is 2. The summed E-state index contributed by atoms with van der Waals surface area (Å²) in [6.45, 7) is 2.23. The molecule has 1 amide bonds. The van der Waals surface area contributed by atoms with Gasteiger partial charge in [0.1, 0.15) is 5.82 Å². The number of aromatic nitrogens is 1. The quantitative estimate of drug-likeness (QED) is 0.765. The fourth-order valence-electron chi connectivity index (χ4n) is 3.48. The molecule has 4 rings (SSSR count). The molecular weight excluding hydrogens is 279 g/mol. The molecule has 1 aromatic heterocycles. The maximum absolute atomic E-state index is 13.8. The van der Waals surface area contributed by atoms with Crippen molar-refractivity contribution in [2.75, 3.05) is 5.32 Å². The first kappa shape index (κ1) is 13.3. The Balaban J connectivity index is 1.78. The van der Waals surface area contributed by atoms with E-state index in [9.17, 15) is 9.18 Å². The van der Waals surface area contributed by atoms with Gasteiger partial charge < -0.3 is 10.3 Å². The summed E-state index contributed by atoms with van der Waals surface area (Å²) in [7, 11) is 0. The van der Waals surface area contributed by atoms with E-state index in [2.05, 4.69) is 23.3 Å². The normalized spacial score (nSPS) is 21.6. The molecule has 1 aliphatic carbocycles. The number of aromatic amines is 1. The van der Waals surface area contributed by atoms with E-state index >= 15 is 0 Å². The number of carbonyl (C=O) groups excluding carboxylic acids is 1. The Morgan fingerprint density at radius 1 is 1.36 bits per heavy atom. The molecule has 1 aromatic carbocycles. The largest absolute Gasteiger partial charge is 0.359 e. The minimum atomic E-state index is -0.395. The molecular formula is C18H17FN2O. The van der Waals surface area contributed by atoms with Gasteiger partial charge in [-0.25, -0.2) is 4.39 Å². The van der Waals surface area contributed by atoms with E-state index in [0.717, 1.165) is 12.1 Å². The lowest BCUT2D eigenvalue weighted by Gasteiger charge is -2.17. The van der Waals surface area contributed by atoms with Crippen molar-refractivity contribution in [3.8, 4) is 0 Å². The molecule has 0 saturated carbocycles. The fourth-order valence-corrected chi connectivity index (χ4v) is 3.48. The van der Waals surface area contributed by atoms with E-state index in [1.165, 1.54) is 30.2 Å². The van der Waals surface area contributed by atoms with Crippen molar-refractivity contribution in [2.24, 2.45) is 0 Å². The van der Waals surface area contributed by atoms with Crippen LogP contribution in [0.5, 0.6) is 0 Å². The molecule has 2 N–H and O–H groups in total. The minimum absolute atomic E-state index is 0.249. The number of nitrogens with one attached hydrogen (secondary N) is 2. The lowest BCUT2D eigenvalue weighted by atomic mass is 9.88. The average molecular weight is 296 g/mol. The molecule has 2 aromatic rings. The lowest BCUT2D eigenvalue weighted by molar-refractivity contribution is -0.110. The van der Waals surface area contributed by atoms with Crippen molar-refractivity contribution in [3.05, 3.63) is 52.6 Å². The highest BCUT2D eigenvalue weighted by Crippen LogP contribution is 2.36. The molecule has 2 heterocycles. The van der Waals surface area contributed by atoms with Gasteiger partial charge in [-0.2, -0.15) is 0 Å². The highest BCUT2D eigenvalue weighted by Gasteiger charge is 2.27. The number of para-hydroxylation sites is 1. The number of hydrogen-bond acceptors (Lipinski definition) is 1. The monoisotopic (exact) mass is 296 g/mol. The molecule has 1 unspecified atom stereocenters. The van der Waals surface area contributed by atoms with Crippen LogP contribution in [0, 0.1) is 5.82 Å². The second-order valence-corrected chi connectivity index (χ2v) is 6.13. The summed E-state index contributed by atoms with van der Waals surface area (Å²) in [5.41, 5.74) is 4.95. The number of halogens is 1. The Hall–Kier alpha value is -2.36. The van der Waals surface area contributed by atoms with Crippen LogP contribution in [0.2, 0.25) is 0 Å². The van der Waals surface area contributed by atoms with Crippen molar-refractivity contribution in [1.29, 1.82) is 0 Å². The first-order chi connectivity index (χ1) is 10.6. The molecule has 4 heteroatoms. The Morgan fingerprint density at radius 2 is 2.23 bits per heavy atom. The summed E-state index contributed by atoms with van der Waals surface area (Å²) in [6.07, 6.45) is 5.28. The maximum atomic E-state index is 13.8. The van der Waals surface area contributed by atoms with Crippen LogP contribution in [0.1, 0.15) is 48.2 Å². The van der Waals surface area contributed by atoms with Crippen molar-refractivity contribution in [1.82, 2.24) is 4.98 Å². The van der Waals surface area contributed by atoms with Gasteiger partial charge in [0.25, 0.3) is 5.91 Å². The van der Waals surface area contributed by atoms with Crippen molar-refractivity contribution in [2.45, 2.75) is 32.1 Å². The zero-order valence-electron chi connectivity index (χ0n) is 12.4. The molecule has 112 valence electrons. The van der Waals surface area contributed by atoms with Gasteiger partial charge in [-0.1, -0.05) is 19.1 Å². The molecule has 22 heavy (non-hydrogen) atoms. The van der Waals surface area contributed by atoms with Crippen LogP contribution in [0.4, 0.5) is 10.1 Å². The second kappa shape index (κ2) is 4.83. The van der Waals surface area contributed by atoms with Crippen LogP contribution < -0.4 is 5.32 Å². The van der Waals surface area contributed by atoms with Crippen molar-refractivity contribution in [3.63, 3.8) is 0 Å². The van der Waals surface area contributed by atoms with Crippen LogP contribution in [0.25, 0.3) is 11.6 Å². The standard InChI is InChI=1S/C18H17FN2O/c1-10-4-2-7-16-13(10)8-11(20-16)9-14-12-5-3-6-15(19)17(12)21-18(14)22/h3,5-6,8-10,20H,2,4,7H2,1H3,(H,21,22). The molecule has 0 saturated heterocycles. The molecule has 0 fully saturated rings. The predicted octanol–water partition coefficient (Wildman–Crippen LogP) is 4.09. The molecule has 1 aliphatic heterocycles. The number of rotatable bonds is 1. The third-order valence-electron chi connectivity index (χ3n) is 4.64. The highest BCUT2D eigenvalue weighted by atomic mass is 19.1. The third-order valence-corrected chi connectivity index (χ3v) is 4.64. The highest BCUT2D eigenvalue weighted by molar-refractivity contribution is 6.34. The van der Waals surface area contributed by atoms with Gasteiger partial charge in [-0.15, -0.1) is 0 Å². The molecule has 0 spiro atoms. The third kappa shape index (κ3) is 1.98. The first-order valence-corrected chi connectivity index (χ1v) is 7.67. The lowest BCUT2D eigenvalue weighted by Crippen LogP contribution is -2.04. The number of benzene rings is 1. The SMILES string of the molecule is CC1CCCc2[nH]c(C=C3C(=O)Nc4c(F)cccc43)cc21. The van der Waals surface area contributed by atoms with Crippen LogP contribution >= 0.6 is 0 Å². The van der Waals surface area contributed by atoms with Crippen molar-refractivity contribution < 1.29 is 9.18 Å². The van der Waals surface area contributed by atoms with E-state index in [0.29, 0.717) is 17.1 Å². The Kier molecular flexibility index (Phi) is 2.93. The van der Waals surface area contributed by atoms with Gasteiger partial charge in [-0.05, 0) is 49.0 Å². The Morgan fingerprint density at radius 3 is 3.05 bits per heavy atom. The van der Waals surface area contributed by atoms with E-state index in [1.54, 1.807) is 12.1 Å². The van der Waals surface area contributed by atoms with Gasteiger partial charge in [-0.3, -0.25) is 4.79 Å². The Labute approximate surface area is 128 Å². The second-order valence-electron chi connectivity index (χ2n) is 6.13. The molecule has 2 aliphatic rings. The summed E-state index contributed by atoms with van der Waals surface area (Å²) in [4.78, 5) is 15.5. The van der Waals surface area contributed by atoms with Gasteiger partial charge in [0.15, 0.2) is 0 Å². The van der Waals surface area contributed by atoms with Gasteiger partial charge >= 0.3 is 0 Å². The van der Waals surface area contributed by atoms with Gasteiger partial charge in [0.05, 0.1) is 11.3 Å². The van der Waals surface area contributed by atoms with Gasteiger partial charge in [0, 0.05) is 17.0 Å². The number of anilines is 1. The maximum Gasteiger partial charge on any atom is 0.256 e. The minimum Gasteiger partial charge on any atom is -0.359 e. The number of amides is 1. The van der Waals surface area contributed by atoms with Crippen LogP contribution in [-0.4, -0.2) is 10.9 Å². The Bertz CT molecular complexity index is 803. The number of aryl methyl sites for hydroxylation is 1. The zero-order chi connectivity index (χ0) is 15.3. The molecule has 3 nitrogen and oxygen atoms in total. The summed E-state index contributed by atoms with van der Waals surface area (Å²) in [6, 6.07) is 6.88. The van der Waals surface area contributed by atoms with Gasteiger partial charge in [0.2, 0.25) is 0 Å². The zero-order valence-corrected chi connectivity index (χ0v) is 12.4. The summed E-state index contributed by atoms with van der Waals surface area (Å²) >= 11 is 0. The van der Waals surface area contributed by atoms with Crippen LogP contribution in [0.15, 0.2) is 24.3 Å². The van der Waals surface area contributed by atoms with E-state index in [4.69, 9.17) is 0 Å². The number of hydrogen-bond donors (Lipinski definition) is 2. The van der Waals surface area contributed by atoms with Crippen LogP contribution in [0.3, 0.4) is 0 Å². The summed E-state index contributed by atoms with van der Waals surface area (Å²) in [5.74, 6) is -0.0938. The number of carbonyl (C=O) groups is 1. The number of H-pyrrole nitrogens is 1. The molecule has 0 bridgehead atoms. The summed E-state index contributed by atoms with van der Waals surface area (Å²) < 4.78 is 13.8. The predicted molar refractivity (Wildman–Crippen MR) is 85.0 cm³/mol. The summed E-state index contributed by atoms with van der Waals surface area (Å²) in [5, 5.41) is 2.61. The average Bonchev–Trinajstić information content (AvgIpc) is 3.04. The smallest absolute Gasteiger partial charge is 0.256 e. The van der Waals surface area contributed by atoms with E-state index in [-0.39, 0.29) is 11.6 Å². The first-order valence-electron chi connectivity index (χ1n) is 7.67.